The van der Waals surface area contributed by atoms with Gasteiger partial charge in [0.1, 0.15) is 37.6 Å². The van der Waals surface area contributed by atoms with Gasteiger partial charge < -0.3 is 24.4 Å². The Hall–Kier alpha value is -1.70. The summed E-state index contributed by atoms with van der Waals surface area (Å²) in [5.74, 6) is -0.643. The lowest BCUT2D eigenvalue weighted by atomic mass is 10.1. The zero-order chi connectivity index (χ0) is 35.6. The van der Waals surface area contributed by atoms with Gasteiger partial charge in [0, 0.05) is 12.8 Å². The van der Waals surface area contributed by atoms with Crippen LogP contribution in [-0.4, -0.2) is 59.8 Å². The van der Waals surface area contributed by atoms with Crippen molar-refractivity contribution >= 4 is 11.9 Å². The summed E-state index contributed by atoms with van der Waals surface area (Å²) in [7, 11) is 0. The minimum Gasteiger partial charge on any atom is -0.463 e. The van der Waals surface area contributed by atoms with Crippen LogP contribution in [0.15, 0.2) is 24.3 Å². The van der Waals surface area contributed by atoms with Crippen molar-refractivity contribution in [1.82, 2.24) is 0 Å². The summed E-state index contributed by atoms with van der Waals surface area (Å²) in [6, 6.07) is 0. The van der Waals surface area contributed by atoms with Gasteiger partial charge >= 0.3 is 11.9 Å². The third-order valence-electron chi connectivity index (χ3n) is 9.56. The Labute approximate surface area is 301 Å². The fourth-order valence-electron chi connectivity index (χ4n) is 6.28. The Morgan fingerprint density at radius 1 is 0.469 bits per heavy atom. The number of hydrogen-bond donors (Lipinski definition) is 2. The highest BCUT2D eigenvalue weighted by Crippen LogP contribution is 2.23. The van der Waals surface area contributed by atoms with Gasteiger partial charge in [-0.3, -0.25) is 9.59 Å². The van der Waals surface area contributed by atoms with Gasteiger partial charge in [-0.1, -0.05) is 141 Å². The van der Waals surface area contributed by atoms with Crippen LogP contribution in [0.5, 0.6) is 0 Å². The number of esters is 2. The van der Waals surface area contributed by atoms with Crippen molar-refractivity contribution in [1.29, 1.82) is 0 Å². The maximum atomic E-state index is 12.2. The Morgan fingerprint density at radius 3 is 1.08 bits per heavy atom. The lowest BCUT2D eigenvalue weighted by molar-refractivity contribution is -0.152. The molecule has 0 aromatic heterocycles. The molecule has 7 nitrogen and oxygen atoms in total. The third kappa shape index (κ3) is 26.7. The average Bonchev–Trinajstić information content (AvgIpc) is 3.37. The van der Waals surface area contributed by atoms with Gasteiger partial charge in [0.2, 0.25) is 0 Å². The first-order chi connectivity index (χ1) is 24.0. The standard InChI is InChI=1S/C42H76O7/c1-3-5-7-9-11-13-15-17-19-21-23-25-27-29-31-33-39(43)47-35-37-41(45)42(46)38(49-37)36-48-40(44)34-32-30-28-26-24-22-20-18-16-14-12-10-8-6-4-2/h17-20,37-38,41-42,45-46H,3-16,21-36H2,1-2H3. The minimum absolute atomic E-state index is 0.124. The van der Waals surface area contributed by atoms with E-state index in [9.17, 15) is 19.8 Å². The van der Waals surface area contributed by atoms with Crippen LogP contribution in [0.25, 0.3) is 0 Å². The lowest BCUT2D eigenvalue weighted by Crippen LogP contribution is -2.36. The molecule has 4 atom stereocenters. The summed E-state index contributed by atoms with van der Waals surface area (Å²) in [5.41, 5.74) is 0. The number of aliphatic hydroxyl groups is 2. The highest BCUT2D eigenvalue weighted by atomic mass is 16.6. The number of rotatable bonds is 34. The summed E-state index contributed by atoms with van der Waals surface area (Å²) >= 11 is 0. The van der Waals surface area contributed by atoms with Crippen LogP contribution < -0.4 is 0 Å². The van der Waals surface area contributed by atoms with Gasteiger partial charge in [-0.2, -0.15) is 0 Å². The molecule has 1 aliphatic rings. The number of aliphatic hydroxyl groups excluding tert-OH is 2. The second kappa shape index (κ2) is 33.4. The van der Waals surface area contributed by atoms with Crippen LogP contribution in [-0.2, 0) is 23.8 Å². The molecule has 49 heavy (non-hydrogen) atoms. The maximum Gasteiger partial charge on any atom is 0.305 e. The fourth-order valence-corrected chi connectivity index (χ4v) is 6.28. The molecule has 0 saturated carbocycles. The molecule has 0 aromatic rings. The highest BCUT2D eigenvalue weighted by molar-refractivity contribution is 5.69. The largest absolute Gasteiger partial charge is 0.463 e. The number of unbranched alkanes of at least 4 members (excludes halogenated alkanes) is 22. The molecule has 1 fully saturated rings. The van der Waals surface area contributed by atoms with E-state index >= 15 is 0 Å². The fraction of sp³-hybridized carbons (Fsp3) is 0.857. The number of carbonyl (C=O) groups excluding carboxylic acids is 2. The van der Waals surface area contributed by atoms with Crippen molar-refractivity contribution in [2.75, 3.05) is 13.2 Å². The number of carbonyl (C=O) groups is 2. The first-order valence-electron chi connectivity index (χ1n) is 20.6. The van der Waals surface area contributed by atoms with Crippen LogP contribution in [0, 0.1) is 0 Å². The topological polar surface area (TPSA) is 102 Å². The van der Waals surface area contributed by atoms with Crippen LogP contribution in [0.3, 0.4) is 0 Å². The van der Waals surface area contributed by atoms with Crippen LogP contribution in [0.2, 0.25) is 0 Å². The normalized spacial score (nSPS) is 19.3. The molecule has 2 N–H and O–H groups in total. The Bertz CT molecular complexity index is 760. The second-order valence-electron chi connectivity index (χ2n) is 14.2. The van der Waals surface area contributed by atoms with Crippen molar-refractivity contribution in [3.8, 4) is 0 Å². The molecule has 0 amide bonds. The van der Waals surface area contributed by atoms with E-state index in [1.807, 2.05) is 0 Å². The van der Waals surface area contributed by atoms with Gasteiger partial charge in [0.15, 0.2) is 0 Å². The minimum atomic E-state index is -1.19. The Morgan fingerprint density at radius 2 is 0.755 bits per heavy atom. The van der Waals surface area contributed by atoms with Gasteiger partial charge in [-0.15, -0.1) is 0 Å². The Balaban J connectivity index is 1.98. The van der Waals surface area contributed by atoms with Crippen LogP contribution >= 0.6 is 0 Å². The molecule has 1 heterocycles. The smallest absolute Gasteiger partial charge is 0.305 e. The first kappa shape index (κ1) is 45.3. The van der Waals surface area contributed by atoms with Gasteiger partial charge in [0.05, 0.1) is 0 Å². The van der Waals surface area contributed by atoms with Crippen LogP contribution in [0.4, 0.5) is 0 Å². The van der Waals surface area contributed by atoms with Crippen molar-refractivity contribution < 1.29 is 34.0 Å². The van der Waals surface area contributed by atoms with Crippen molar-refractivity contribution in [3.05, 3.63) is 24.3 Å². The molecule has 4 unspecified atom stereocenters. The molecule has 7 heteroatoms. The van der Waals surface area contributed by atoms with E-state index in [1.165, 1.54) is 116 Å². The maximum absolute atomic E-state index is 12.2. The molecule has 0 aliphatic carbocycles. The van der Waals surface area contributed by atoms with Crippen molar-refractivity contribution in [2.45, 2.75) is 218 Å². The molecule has 0 radical (unpaired) electrons. The van der Waals surface area contributed by atoms with Crippen LogP contribution in [0.1, 0.15) is 194 Å². The summed E-state index contributed by atoms with van der Waals surface area (Å²) in [4.78, 5) is 24.4. The predicted octanol–water partition coefficient (Wildman–Crippen LogP) is 10.6. The monoisotopic (exact) mass is 693 g/mol. The second-order valence-corrected chi connectivity index (χ2v) is 14.2. The summed E-state index contributed by atoms with van der Waals surface area (Å²) in [6.07, 6.45) is 37.1. The van der Waals surface area contributed by atoms with E-state index in [4.69, 9.17) is 14.2 Å². The number of ether oxygens (including phenoxy) is 3. The molecule has 0 spiro atoms. The lowest BCUT2D eigenvalue weighted by Gasteiger charge is -2.15. The molecule has 0 aromatic carbocycles. The zero-order valence-corrected chi connectivity index (χ0v) is 31.8. The summed E-state index contributed by atoms with van der Waals surface area (Å²) in [5, 5.41) is 20.7. The highest BCUT2D eigenvalue weighted by Gasteiger charge is 2.43. The van der Waals surface area contributed by atoms with Gasteiger partial charge in [-0.05, 0) is 64.2 Å². The molecule has 1 rings (SSSR count). The number of allylic oxidation sites excluding steroid dienone is 4. The van der Waals surface area contributed by atoms with E-state index in [-0.39, 0.29) is 25.2 Å². The summed E-state index contributed by atoms with van der Waals surface area (Å²) in [6.45, 7) is 4.26. The molecular weight excluding hydrogens is 616 g/mol. The quantitative estimate of drug-likeness (QED) is 0.0393. The van der Waals surface area contributed by atoms with E-state index < -0.39 is 24.4 Å². The SMILES string of the molecule is CCCCCCCCC=CCCCCCCCC(=O)OCC1OC(COC(=O)CCCCCCCC=CCCCCCCCC)C(O)C1O. The van der Waals surface area contributed by atoms with E-state index in [0.29, 0.717) is 12.8 Å². The van der Waals surface area contributed by atoms with E-state index in [1.54, 1.807) is 0 Å². The molecular formula is C42H76O7. The molecule has 1 saturated heterocycles. The summed E-state index contributed by atoms with van der Waals surface area (Å²) < 4.78 is 16.3. The van der Waals surface area contributed by atoms with Gasteiger partial charge in [-0.25, -0.2) is 0 Å². The van der Waals surface area contributed by atoms with E-state index in [0.717, 1.165) is 51.4 Å². The molecule has 286 valence electrons. The zero-order valence-electron chi connectivity index (χ0n) is 31.8. The molecule has 1 aliphatic heterocycles. The third-order valence-corrected chi connectivity index (χ3v) is 9.56. The van der Waals surface area contributed by atoms with Crippen molar-refractivity contribution in [3.63, 3.8) is 0 Å². The van der Waals surface area contributed by atoms with Crippen molar-refractivity contribution in [2.24, 2.45) is 0 Å². The number of hydrogen-bond acceptors (Lipinski definition) is 7. The first-order valence-corrected chi connectivity index (χ1v) is 20.6. The predicted molar refractivity (Wildman–Crippen MR) is 201 cm³/mol. The van der Waals surface area contributed by atoms with Gasteiger partial charge in [0.25, 0.3) is 0 Å². The average molecular weight is 693 g/mol. The molecule has 0 bridgehead atoms. The Kier molecular flexibility index (Phi) is 30.9. The van der Waals surface area contributed by atoms with E-state index in [2.05, 4.69) is 38.2 Å².